The molecule has 2 spiro atoms. The summed E-state index contributed by atoms with van der Waals surface area (Å²) in [5.74, 6) is 1.28. The maximum absolute atomic E-state index is 13.0. The highest BCUT2D eigenvalue weighted by molar-refractivity contribution is 5.86. The van der Waals surface area contributed by atoms with Crippen molar-refractivity contribution in [1.82, 2.24) is 20.1 Å². The van der Waals surface area contributed by atoms with Crippen LogP contribution in [0, 0.1) is 16.7 Å². The highest BCUT2D eigenvalue weighted by atomic mass is 16.2. The minimum Gasteiger partial charge on any atom is -0.356 e. The summed E-state index contributed by atoms with van der Waals surface area (Å²) in [4.78, 5) is 22.4. The Hall–Kier alpha value is -1.46. The molecule has 4 aliphatic rings. The Balaban J connectivity index is 1.35. The number of likely N-dealkylation sites (tertiary alicyclic amines) is 2. The zero-order chi connectivity index (χ0) is 17.6. The molecule has 1 aromatic heterocycles. The molecule has 1 N–H and O–H groups in total. The second kappa shape index (κ2) is 6.31. The van der Waals surface area contributed by atoms with Crippen LogP contribution >= 0.6 is 0 Å². The fourth-order valence-electron chi connectivity index (χ4n) is 5.84. The van der Waals surface area contributed by atoms with Gasteiger partial charge in [0.15, 0.2) is 0 Å². The van der Waals surface area contributed by atoms with E-state index >= 15 is 0 Å². The van der Waals surface area contributed by atoms with Crippen molar-refractivity contribution in [1.29, 1.82) is 0 Å². The molecule has 5 rings (SSSR count). The molecule has 4 heterocycles. The van der Waals surface area contributed by atoms with Crippen LogP contribution in [0.25, 0.3) is 0 Å². The normalized spacial score (nSPS) is 31.8. The van der Waals surface area contributed by atoms with Gasteiger partial charge in [-0.25, -0.2) is 0 Å². The van der Waals surface area contributed by atoms with Gasteiger partial charge >= 0.3 is 0 Å². The molecule has 3 aliphatic heterocycles. The molecular formula is C21H30N4O. The smallest absolute Gasteiger partial charge is 0.228 e. The quantitative estimate of drug-likeness (QED) is 0.897. The third kappa shape index (κ3) is 2.76. The maximum atomic E-state index is 13.0. The first-order chi connectivity index (χ1) is 12.7. The SMILES string of the molecule is O=C1NCC[C@]12CN(Cc1cccnc1)CC21CCN(CC2CC2)CC1. The summed E-state index contributed by atoms with van der Waals surface area (Å²) in [6.45, 7) is 7.37. The summed E-state index contributed by atoms with van der Waals surface area (Å²) < 4.78 is 0. The number of piperidine rings is 1. The van der Waals surface area contributed by atoms with Gasteiger partial charge in [0.05, 0.1) is 5.41 Å². The topological polar surface area (TPSA) is 48.5 Å². The van der Waals surface area contributed by atoms with Crippen LogP contribution in [0.1, 0.15) is 37.7 Å². The van der Waals surface area contributed by atoms with Gasteiger partial charge in [-0.1, -0.05) is 6.07 Å². The third-order valence-corrected chi connectivity index (χ3v) is 7.46. The first-order valence-corrected chi connectivity index (χ1v) is 10.3. The third-order valence-electron chi connectivity index (χ3n) is 7.46. The van der Waals surface area contributed by atoms with Gasteiger partial charge in [-0.05, 0) is 62.7 Å². The molecule has 1 amide bonds. The van der Waals surface area contributed by atoms with Crippen LogP contribution in [0.3, 0.4) is 0 Å². The highest BCUT2D eigenvalue weighted by Gasteiger charge is 2.63. The number of fused-ring (bicyclic) bond motifs is 1. The molecule has 140 valence electrons. The molecule has 5 nitrogen and oxygen atoms in total. The van der Waals surface area contributed by atoms with Crippen molar-refractivity contribution in [3.8, 4) is 0 Å². The Morgan fingerprint density at radius 1 is 1.15 bits per heavy atom. The Kier molecular flexibility index (Phi) is 4.05. The molecule has 3 saturated heterocycles. The van der Waals surface area contributed by atoms with E-state index < -0.39 is 0 Å². The summed E-state index contributed by atoms with van der Waals surface area (Å²) >= 11 is 0. The largest absolute Gasteiger partial charge is 0.356 e. The number of carbonyl (C=O) groups excluding carboxylic acids is 1. The minimum atomic E-state index is -0.166. The van der Waals surface area contributed by atoms with E-state index in [-0.39, 0.29) is 10.8 Å². The molecule has 0 aromatic carbocycles. The van der Waals surface area contributed by atoms with E-state index in [1.54, 1.807) is 0 Å². The predicted octanol–water partition coefficient (Wildman–Crippen LogP) is 1.90. The van der Waals surface area contributed by atoms with E-state index in [1.165, 1.54) is 50.9 Å². The molecule has 0 unspecified atom stereocenters. The zero-order valence-electron chi connectivity index (χ0n) is 15.6. The molecule has 4 fully saturated rings. The maximum Gasteiger partial charge on any atom is 0.228 e. The lowest BCUT2D eigenvalue weighted by atomic mass is 9.60. The van der Waals surface area contributed by atoms with Crippen LogP contribution < -0.4 is 5.32 Å². The van der Waals surface area contributed by atoms with Crippen molar-refractivity contribution in [3.05, 3.63) is 30.1 Å². The van der Waals surface area contributed by atoms with Crippen LogP contribution in [-0.4, -0.2) is 60.0 Å². The number of pyridine rings is 1. The van der Waals surface area contributed by atoms with Gasteiger partial charge in [0, 0.05) is 50.5 Å². The van der Waals surface area contributed by atoms with Gasteiger partial charge in [-0.3, -0.25) is 14.7 Å². The molecule has 1 aliphatic carbocycles. The standard InChI is InChI=1S/C21H30N4O/c26-19-21(5-9-23-19)16-25(14-18-2-1-8-22-12-18)15-20(21)6-10-24(11-7-20)13-17-3-4-17/h1-2,8,12,17H,3-7,9-11,13-16H2,(H,23,26)/t21-/m0/s1. The summed E-state index contributed by atoms with van der Waals surface area (Å²) in [6.07, 6.45) is 10.0. The van der Waals surface area contributed by atoms with Gasteiger partial charge in [0.25, 0.3) is 0 Å². The Labute approximate surface area is 156 Å². The lowest BCUT2D eigenvalue weighted by Gasteiger charge is -2.46. The van der Waals surface area contributed by atoms with Gasteiger partial charge < -0.3 is 10.2 Å². The fourth-order valence-corrected chi connectivity index (χ4v) is 5.84. The van der Waals surface area contributed by atoms with Crippen molar-refractivity contribution in [2.75, 3.05) is 39.3 Å². The number of aromatic nitrogens is 1. The van der Waals surface area contributed by atoms with Gasteiger partial charge in [0.1, 0.15) is 0 Å². The van der Waals surface area contributed by atoms with Crippen molar-refractivity contribution in [2.24, 2.45) is 16.7 Å². The molecular weight excluding hydrogens is 324 g/mol. The molecule has 1 atom stereocenters. The van der Waals surface area contributed by atoms with Crippen molar-refractivity contribution in [2.45, 2.75) is 38.6 Å². The number of hydrogen-bond donors (Lipinski definition) is 1. The number of amides is 1. The van der Waals surface area contributed by atoms with E-state index in [9.17, 15) is 4.79 Å². The van der Waals surface area contributed by atoms with E-state index in [2.05, 4.69) is 26.2 Å². The second-order valence-corrected chi connectivity index (χ2v) is 9.12. The van der Waals surface area contributed by atoms with E-state index in [4.69, 9.17) is 0 Å². The molecule has 0 radical (unpaired) electrons. The number of carbonyl (C=O) groups is 1. The van der Waals surface area contributed by atoms with Crippen LogP contribution in [0.5, 0.6) is 0 Å². The first kappa shape index (κ1) is 16.7. The Morgan fingerprint density at radius 2 is 2.00 bits per heavy atom. The first-order valence-electron chi connectivity index (χ1n) is 10.3. The van der Waals surface area contributed by atoms with Crippen LogP contribution in [0.15, 0.2) is 24.5 Å². The average molecular weight is 354 g/mol. The molecule has 1 saturated carbocycles. The van der Waals surface area contributed by atoms with E-state index in [0.29, 0.717) is 5.91 Å². The number of nitrogens with one attached hydrogen (secondary N) is 1. The molecule has 5 heteroatoms. The minimum absolute atomic E-state index is 0.163. The fraction of sp³-hybridized carbons (Fsp3) is 0.714. The second-order valence-electron chi connectivity index (χ2n) is 9.12. The summed E-state index contributed by atoms with van der Waals surface area (Å²) in [5.41, 5.74) is 1.25. The van der Waals surface area contributed by atoms with Gasteiger partial charge in [-0.15, -0.1) is 0 Å². The number of rotatable bonds is 4. The molecule has 1 aromatic rings. The van der Waals surface area contributed by atoms with E-state index in [0.717, 1.165) is 38.5 Å². The summed E-state index contributed by atoms with van der Waals surface area (Å²) in [7, 11) is 0. The molecule has 26 heavy (non-hydrogen) atoms. The Morgan fingerprint density at radius 3 is 2.65 bits per heavy atom. The summed E-state index contributed by atoms with van der Waals surface area (Å²) in [5, 5.41) is 3.17. The lowest BCUT2D eigenvalue weighted by Crippen LogP contribution is -2.52. The van der Waals surface area contributed by atoms with Gasteiger partial charge in [0.2, 0.25) is 5.91 Å². The van der Waals surface area contributed by atoms with Crippen LogP contribution in [0.4, 0.5) is 0 Å². The number of nitrogens with zero attached hydrogens (tertiary/aromatic N) is 3. The highest BCUT2D eigenvalue weighted by Crippen LogP contribution is 2.56. The lowest BCUT2D eigenvalue weighted by molar-refractivity contribution is -0.134. The predicted molar refractivity (Wildman–Crippen MR) is 100 cm³/mol. The zero-order valence-corrected chi connectivity index (χ0v) is 15.6. The number of hydrogen-bond acceptors (Lipinski definition) is 4. The van der Waals surface area contributed by atoms with Crippen molar-refractivity contribution in [3.63, 3.8) is 0 Å². The Bertz CT molecular complexity index is 666. The van der Waals surface area contributed by atoms with Crippen LogP contribution in [0.2, 0.25) is 0 Å². The van der Waals surface area contributed by atoms with Crippen molar-refractivity contribution < 1.29 is 4.79 Å². The van der Waals surface area contributed by atoms with Crippen molar-refractivity contribution >= 4 is 5.91 Å². The van der Waals surface area contributed by atoms with E-state index in [1.807, 2.05) is 18.5 Å². The monoisotopic (exact) mass is 354 g/mol. The average Bonchev–Trinajstić information content (AvgIpc) is 3.32. The van der Waals surface area contributed by atoms with Gasteiger partial charge in [-0.2, -0.15) is 0 Å². The van der Waals surface area contributed by atoms with Crippen LogP contribution in [-0.2, 0) is 11.3 Å². The molecule has 0 bridgehead atoms. The summed E-state index contributed by atoms with van der Waals surface area (Å²) in [6, 6.07) is 4.16.